The van der Waals surface area contributed by atoms with E-state index >= 15 is 0 Å². The summed E-state index contributed by atoms with van der Waals surface area (Å²) in [7, 11) is 0. The van der Waals surface area contributed by atoms with Crippen molar-refractivity contribution < 1.29 is 9.59 Å². The van der Waals surface area contributed by atoms with Gasteiger partial charge in [0.05, 0.1) is 11.9 Å². The lowest BCUT2D eigenvalue weighted by Gasteiger charge is -2.62. The number of aromatic nitrogens is 3. The third-order valence-corrected chi connectivity index (χ3v) is 7.25. The maximum Gasteiger partial charge on any atom is 0.271 e. The van der Waals surface area contributed by atoms with Crippen molar-refractivity contribution in [3.05, 3.63) is 52.3 Å². The number of nitrogens with one attached hydrogen (secondary N) is 2. The highest BCUT2D eigenvalue weighted by Crippen LogP contribution is 2.57. The fourth-order valence-electron chi connectivity index (χ4n) is 6.27. The van der Waals surface area contributed by atoms with Crippen molar-refractivity contribution >= 4 is 27.7 Å². The molecule has 0 saturated heterocycles. The van der Waals surface area contributed by atoms with Gasteiger partial charge < -0.3 is 10.6 Å². The molecule has 30 heavy (non-hydrogen) atoms. The number of carbonyl (C=O) groups excluding carboxylic acids is 2. The van der Waals surface area contributed by atoms with E-state index in [4.69, 9.17) is 0 Å². The second kappa shape index (κ2) is 7.11. The first-order valence-corrected chi connectivity index (χ1v) is 11.2. The van der Waals surface area contributed by atoms with Crippen LogP contribution in [0.25, 0.3) is 0 Å². The molecule has 6 rings (SSSR count). The fourth-order valence-corrected chi connectivity index (χ4v) is 6.60. The van der Waals surface area contributed by atoms with Gasteiger partial charge in [-0.05, 0) is 69.4 Å². The predicted molar refractivity (Wildman–Crippen MR) is 114 cm³/mol. The molecule has 4 fully saturated rings. The highest BCUT2D eigenvalue weighted by molar-refractivity contribution is 9.10. The summed E-state index contributed by atoms with van der Waals surface area (Å²) >= 11 is 3.41. The van der Waals surface area contributed by atoms with Gasteiger partial charge in [-0.2, -0.15) is 0 Å². The number of hydrogen-bond acceptors (Lipinski definition) is 5. The molecule has 0 aliphatic heterocycles. The number of nitrogens with zero attached hydrogens (tertiary/aromatic N) is 3. The van der Waals surface area contributed by atoms with E-state index in [9.17, 15) is 9.59 Å². The maximum atomic E-state index is 13.0. The molecule has 2 atom stereocenters. The van der Waals surface area contributed by atoms with Gasteiger partial charge >= 0.3 is 0 Å². The number of halogens is 1. The monoisotopic (exact) mass is 469 g/mol. The van der Waals surface area contributed by atoms with Crippen LogP contribution in [-0.2, 0) is 0 Å². The van der Waals surface area contributed by atoms with Gasteiger partial charge in [0.15, 0.2) is 0 Å². The molecular weight excluding hydrogens is 446 g/mol. The summed E-state index contributed by atoms with van der Waals surface area (Å²) in [5, 5.41) is 6.61. The van der Waals surface area contributed by atoms with Gasteiger partial charge in [-0.15, -0.1) is 0 Å². The number of aryl methyl sites for hydroxylation is 1. The normalized spacial score (nSPS) is 31.4. The minimum Gasteiger partial charge on any atom is -0.345 e. The van der Waals surface area contributed by atoms with Gasteiger partial charge in [0.25, 0.3) is 11.8 Å². The predicted octanol–water partition coefficient (Wildman–Crippen LogP) is 3.19. The lowest BCUT2D eigenvalue weighted by molar-refractivity contribution is -0.0449. The van der Waals surface area contributed by atoms with Gasteiger partial charge in [0.1, 0.15) is 11.4 Å². The van der Waals surface area contributed by atoms with Crippen LogP contribution in [0.1, 0.15) is 65.2 Å². The van der Waals surface area contributed by atoms with Crippen molar-refractivity contribution in [1.82, 2.24) is 25.6 Å². The third-order valence-electron chi connectivity index (χ3n) is 6.76. The number of hydrogen-bond donors (Lipinski definition) is 2. The standard InChI is InChI=1S/C22H24BrN5O2/c1-13-10-24-11-18(26-13)20(30)28-22-8-14-4-15(9-22)7-21(6-14,12-22)27-19(29)17-5-16(23)2-3-25-17/h2-3,5,10-11,14-15H,4,6-9,12H2,1H3,(H,27,29)(H,28,30). The fraction of sp³-hybridized carbons (Fsp3) is 0.500. The Hall–Kier alpha value is -2.35. The van der Waals surface area contributed by atoms with Crippen molar-refractivity contribution in [3.63, 3.8) is 0 Å². The van der Waals surface area contributed by atoms with Crippen LogP contribution in [0.3, 0.4) is 0 Å². The molecule has 2 aromatic heterocycles. The summed E-state index contributed by atoms with van der Waals surface area (Å²) in [4.78, 5) is 38.6. The van der Waals surface area contributed by atoms with Crippen LogP contribution < -0.4 is 10.6 Å². The van der Waals surface area contributed by atoms with Crippen molar-refractivity contribution in [2.45, 2.75) is 56.5 Å². The van der Waals surface area contributed by atoms with E-state index in [2.05, 4.69) is 41.5 Å². The molecule has 4 saturated carbocycles. The van der Waals surface area contributed by atoms with Crippen molar-refractivity contribution in [1.29, 1.82) is 0 Å². The summed E-state index contributed by atoms with van der Waals surface area (Å²) in [6, 6.07) is 3.55. The molecule has 0 aromatic carbocycles. The Morgan fingerprint density at radius 1 is 1.03 bits per heavy atom. The summed E-state index contributed by atoms with van der Waals surface area (Å²) < 4.78 is 0.830. The third kappa shape index (κ3) is 3.62. The zero-order chi connectivity index (χ0) is 20.9. The van der Waals surface area contributed by atoms with E-state index in [0.717, 1.165) is 42.3 Å². The molecule has 4 aliphatic carbocycles. The Labute approximate surface area is 183 Å². The first-order valence-electron chi connectivity index (χ1n) is 10.4. The van der Waals surface area contributed by atoms with Gasteiger partial charge in [0.2, 0.25) is 0 Å². The van der Waals surface area contributed by atoms with Gasteiger partial charge in [-0.3, -0.25) is 19.6 Å². The number of pyridine rings is 1. The molecular formula is C22H24BrN5O2. The highest BCUT2D eigenvalue weighted by Gasteiger charge is 2.58. The zero-order valence-electron chi connectivity index (χ0n) is 16.8. The molecule has 2 unspecified atom stereocenters. The Bertz CT molecular complexity index is 935. The molecule has 4 aliphatic rings. The molecule has 8 heteroatoms. The summed E-state index contributed by atoms with van der Waals surface area (Å²) in [6.45, 7) is 1.83. The van der Waals surface area contributed by atoms with E-state index in [1.807, 2.05) is 6.92 Å². The quantitative estimate of drug-likeness (QED) is 0.716. The van der Waals surface area contributed by atoms with Crippen LogP contribution in [0.15, 0.2) is 35.2 Å². The Kier molecular flexibility index (Phi) is 4.65. The molecule has 156 valence electrons. The van der Waals surface area contributed by atoms with E-state index in [-0.39, 0.29) is 22.9 Å². The summed E-state index contributed by atoms with van der Waals surface area (Å²) in [5.41, 5.74) is 0.884. The van der Waals surface area contributed by atoms with Crippen molar-refractivity contribution in [2.24, 2.45) is 11.8 Å². The number of amides is 2. The first-order chi connectivity index (χ1) is 14.3. The van der Waals surface area contributed by atoms with Crippen molar-refractivity contribution in [2.75, 3.05) is 0 Å². The zero-order valence-corrected chi connectivity index (χ0v) is 18.4. The minimum absolute atomic E-state index is 0.149. The van der Waals surface area contributed by atoms with E-state index in [1.165, 1.54) is 12.6 Å². The van der Waals surface area contributed by atoms with Crippen LogP contribution in [0.5, 0.6) is 0 Å². The number of rotatable bonds is 4. The minimum atomic E-state index is -0.301. The first kappa shape index (κ1) is 19.6. The SMILES string of the molecule is Cc1cncc(C(=O)NC23CC4CC(CC(NC(=O)c5cc(Br)ccn5)(C4)C2)C3)n1. The molecule has 2 heterocycles. The molecule has 7 nitrogen and oxygen atoms in total. The van der Waals surface area contributed by atoms with Crippen LogP contribution in [0.2, 0.25) is 0 Å². The smallest absolute Gasteiger partial charge is 0.271 e. The average molecular weight is 470 g/mol. The topological polar surface area (TPSA) is 96.9 Å². The van der Waals surface area contributed by atoms with Crippen LogP contribution in [0, 0.1) is 18.8 Å². The average Bonchev–Trinajstić information content (AvgIpc) is 2.66. The lowest BCUT2D eigenvalue weighted by atomic mass is 9.49. The molecule has 2 amide bonds. The van der Waals surface area contributed by atoms with Gasteiger partial charge in [0, 0.05) is 27.9 Å². The summed E-state index contributed by atoms with van der Waals surface area (Å²) in [5.74, 6) is 0.685. The second-order valence-corrected chi connectivity index (χ2v) is 10.3. The van der Waals surface area contributed by atoms with E-state index in [0.29, 0.717) is 23.2 Å². The van der Waals surface area contributed by atoms with Crippen LogP contribution >= 0.6 is 15.9 Å². The maximum absolute atomic E-state index is 13.0. The summed E-state index contributed by atoms with van der Waals surface area (Å²) in [6.07, 6.45) is 10.6. The van der Waals surface area contributed by atoms with Crippen molar-refractivity contribution in [3.8, 4) is 0 Å². The van der Waals surface area contributed by atoms with Gasteiger partial charge in [-0.1, -0.05) is 15.9 Å². The van der Waals surface area contributed by atoms with E-state index in [1.54, 1.807) is 24.5 Å². The molecule has 2 N–H and O–H groups in total. The molecule has 4 bridgehead atoms. The molecule has 0 radical (unpaired) electrons. The van der Waals surface area contributed by atoms with E-state index < -0.39 is 0 Å². The second-order valence-electron chi connectivity index (χ2n) is 9.33. The Balaban J connectivity index is 1.38. The van der Waals surface area contributed by atoms with Crippen LogP contribution in [0.4, 0.5) is 0 Å². The molecule has 0 spiro atoms. The number of carbonyl (C=O) groups is 2. The highest BCUT2D eigenvalue weighted by atomic mass is 79.9. The Morgan fingerprint density at radius 2 is 1.67 bits per heavy atom. The van der Waals surface area contributed by atoms with Gasteiger partial charge in [-0.25, -0.2) is 4.98 Å². The lowest BCUT2D eigenvalue weighted by Crippen LogP contribution is -2.70. The Morgan fingerprint density at radius 3 is 2.27 bits per heavy atom. The van der Waals surface area contributed by atoms with Crippen LogP contribution in [-0.4, -0.2) is 37.8 Å². The molecule has 2 aromatic rings. The largest absolute Gasteiger partial charge is 0.345 e.